The second-order valence-electron chi connectivity index (χ2n) is 9.58. The number of carbonyl (C=O) groups is 2. The molecule has 9 heteroatoms. The van der Waals surface area contributed by atoms with E-state index in [0.29, 0.717) is 68.0 Å². The van der Waals surface area contributed by atoms with Crippen LogP contribution in [-0.2, 0) is 4.79 Å². The van der Waals surface area contributed by atoms with E-state index in [1.807, 2.05) is 4.90 Å². The standard InChI is InChI=1S/C29H38F2N2O5/c1-37-24-11-7-21(8-12-24)27(34)5-4-6-28(35)32-26(20-33-17-15-23(31)19-33)29(36)22-9-13-25(14-10-22)38-18-3-2-16-30/h7-14,23,26,29,36H,2-6,15-20H2,1H3,(H,32,35)/t23?,26?,29-/m1/s1. The van der Waals surface area contributed by atoms with E-state index < -0.39 is 18.3 Å². The van der Waals surface area contributed by atoms with Crippen molar-refractivity contribution in [2.24, 2.45) is 0 Å². The lowest BCUT2D eigenvalue weighted by atomic mass is 10.0. The van der Waals surface area contributed by atoms with E-state index in [2.05, 4.69) is 5.32 Å². The summed E-state index contributed by atoms with van der Waals surface area (Å²) < 4.78 is 36.7. The zero-order valence-electron chi connectivity index (χ0n) is 21.9. The van der Waals surface area contributed by atoms with Gasteiger partial charge in [0.1, 0.15) is 23.8 Å². The third-order valence-electron chi connectivity index (χ3n) is 6.64. The number of ketones is 1. The van der Waals surface area contributed by atoms with Crippen molar-refractivity contribution in [1.29, 1.82) is 0 Å². The second-order valence-corrected chi connectivity index (χ2v) is 9.58. The highest BCUT2D eigenvalue weighted by Gasteiger charge is 2.29. The Labute approximate surface area is 223 Å². The van der Waals surface area contributed by atoms with Crippen LogP contribution >= 0.6 is 0 Å². The Kier molecular flexibility index (Phi) is 12.0. The first-order valence-corrected chi connectivity index (χ1v) is 13.2. The van der Waals surface area contributed by atoms with Gasteiger partial charge in [-0.15, -0.1) is 0 Å². The third-order valence-corrected chi connectivity index (χ3v) is 6.64. The van der Waals surface area contributed by atoms with Crippen LogP contribution in [0.25, 0.3) is 0 Å². The zero-order chi connectivity index (χ0) is 27.3. The minimum absolute atomic E-state index is 0.0601. The van der Waals surface area contributed by atoms with E-state index in [-0.39, 0.29) is 37.8 Å². The first kappa shape index (κ1) is 29.5. The number of hydrogen-bond acceptors (Lipinski definition) is 6. The Morgan fingerprint density at radius 2 is 1.76 bits per heavy atom. The molecule has 208 valence electrons. The van der Waals surface area contributed by atoms with Gasteiger partial charge in [0, 0.05) is 38.0 Å². The van der Waals surface area contributed by atoms with Crippen LogP contribution in [-0.4, -0.2) is 73.9 Å². The molecule has 1 aliphatic heterocycles. The summed E-state index contributed by atoms with van der Waals surface area (Å²) in [6.45, 7) is 1.16. The minimum Gasteiger partial charge on any atom is -0.497 e. The third kappa shape index (κ3) is 9.36. The number of alkyl halides is 2. The molecule has 2 unspecified atom stereocenters. The molecule has 2 aromatic rings. The van der Waals surface area contributed by atoms with E-state index in [9.17, 15) is 23.5 Å². The van der Waals surface area contributed by atoms with E-state index >= 15 is 0 Å². The van der Waals surface area contributed by atoms with Gasteiger partial charge >= 0.3 is 0 Å². The van der Waals surface area contributed by atoms with E-state index in [4.69, 9.17) is 9.47 Å². The predicted molar refractivity (Wildman–Crippen MR) is 141 cm³/mol. The number of unbranched alkanes of at least 4 members (excludes halogenated alkanes) is 1. The van der Waals surface area contributed by atoms with Gasteiger partial charge in [-0.25, -0.2) is 4.39 Å². The topological polar surface area (TPSA) is 88.1 Å². The van der Waals surface area contributed by atoms with Crippen molar-refractivity contribution in [2.75, 3.05) is 40.0 Å². The molecule has 38 heavy (non-hydrogen) atoms. The van der Waals surface area contributed by atoms with Gasteiger partial charge in [-0.3, -0.25) is 18.9 Å². The molecule has 3 atom stereocenters. The van der Waals surface area contributed by atoms with Gasteiger partial charge in [0.25, 0.3) is 0 Å². The van der Waals surface area contributed by atoms with Gasteiger partial charge < -0.3 is 19.9 Å². The monoisotopic (exact) mass is 532 g/mol. The summed E-state index contributed by atoms with van der Waals surface area (Å²) in [5.74, 6) is 0.940. The van der Waals surface area contributed by atoms with E-state index in [0.717, 1.165) is 0 Å². The van der Waals surface area contributed by atoms with Crippen LogP contribution in [0.3, 0.4) is 0 Å². The van der Waals surface area contributed by atoms with Crippen molar-refractivity contribution in [3.63, 3.8) is 0 Å². The SMILES string of the molecule is COc1ccc(C(=O)CCCC(=O)NC(CN2CCC(F)C2)[C@H](O)c2ccc(OCCCCF)cc2)cc1. The Bertz CT molecular complexity index is 1000. The van der Waals surface area contributed by atoms with Crippen LogP contribution in [0.2, 0.25) is 0 Å². The number of methoxy groups -OCH3 is 1. The average molecular weight is 533 g/mol. The van der Waals surface area contributed by atoms with Crippen molar-refractivity contribution in [1.82, 2.24) is 10.2 Å². The number of ether oxygens (including phenoxy) is 2. The summed E-state index contributed by atoms with van der Waals surface area (Å²) in [6.07, 6.45) is 0.275. The van der Waals surface area contributed by atoms with Gasteiger partial charge in [-0.2, -0.15) is 0 Å². The lowest BCUT2D eigenvalue weighted by Gasteiger charge is -2.29. The number of aliphatic hydroxyl groups excluding tert-OH is 1. The Hall–Kier alpha value is -3.04. The summed E-state index contributed by atoms with van der Waals surface area (Å²) in [5, 5.41) is 14.0. The minimum atomic E-state index is -1.01. The van der Waals surface area contributed by atoms with E-state index in [1.165, 1.54) is 0 Å². The molecular formula is C29H38F2N2O5. The molecule has 2 N–H and O–H groups in total. The number of halogens is 2. The van der Waals surface area contributed by atoms with Crippen LogP contribution < -0.4 is 14.8 Å². The molecule has 0 saturated carbocycles. The van der Waals surface area contributed by atoms with Crippen molar-refractivity contribution < 1.29 is 33.0 Å². The van der Waals surface area contributed by atoms with Crippen molar-refractivity contribution in [3.8, 4) is 11.5 Å². The van der Waals surface area contributed by atoms with Crippen LogP contribution in [0.4, 0.5) is 8.78 Å². The molecule has 1 fully saturated rings. The lowest BCUT2D eigenvalue weighted by molar-refractivity contribution is -0.123. The molecule has 0 radical (unpaired) electrons. The van der Waals surface area contributed by atoms with Gasteiger partial charge in [0.05, 0.1) is 26.4 Å². The number of rotatable bonds is 16. The maximum absolute atomic E-state index is 13.8. The van der Waals surface area contributed by atoms with Crippen LogP contribution in [0.15, 0.2) is 48.5 Å². The second kappa shape index (κ2) is 15.4. The normalized spacial score (nSPS) is 17.1. The quantitative estimate of drug-likeness (QED) is 0.246. The molecule has 1 aliphatic rings. The molecule has 1 heterocycles. The fraction of sp³-hybridized carbons (Fsp3) is 0.517. The molecule has 2 aromatic carbocycles. The molecular weight excluding hydrogens is 494 g/mol. The summed E-state index contributed by atoms with van der Waals surface area (Å²) in [5.41, 5.74) is 1.15. The van der Waals surface area contributed by atoms with Crippen LogP contribution in [0.5, 0.6) is 11.5 Å². The Morgan fingerprint density at radius 1 is 1.05 bits per heavy atom. The Morgan fingerprint density at radius 3 is 2.39 bits per heavy atom. The number of likely N-dealkylation sites (tertiary alicyclic amines) is 1. The molecule has 7 nitrogen and oxygen atoms in total. The number of Topliss-reactive ketones (excluding diaryl/α,β-unsaturated/α-hetero) is 1. The largest absolute Gasteiger partial charge is 0.497 e. The van der Waals surface area contributed by atoms with Crippen LogP contribution in [0.1, 0.15) is 60.6 Å². The number of nitrogens with zero attached hydrogens (tertiary/aromatic N) is 1. The first-order valence-electron chi connectivity index (χ1n) is 13.2. The van der Waals surface area contributed by atoms with Crippen LogP contribution in [0, 0.1) is 0 Å². The number of aliphatic hydroxyl groups is 1. The average Bonchev–Trinajstić information content (AvgIpc) is 3.35. The number of carbonyl (C=O) groups excluding carboxylic acids is 2. The van der Waals surface area contributed by atoms with Crippen molar-refractivity contribution in [2.45, 2.75) is 56.8 Å². The highest BCUT2D eigenvalue weighted by molar-refractivity contribution is 5.96. The molecule has 1 saturated heterocycles. The zero-order valence-corrected chi connectivity index (χ0v) is 21.9. The summed E-state index contributed by atoms with van der Waals surface area (Å²) in [6, 6.07) is 13.1. The molecule has 0 aromatic heterocycles. The Balaban J connectivity index is 1.55. The summed E-state index contributed by atoms with van der Waals surface area (Å²) in [7, 11) is 1.56. The van der Waals surface area contributed by atoms with E-state index in [1.54, 1.807) is 55.6 Å². The number of benzene rings is 2. The molecule has 1 amide bonds. The van der Waals surface area contributed by atoms with Gasteiger partial charge in [0.2, 0.25) is 5.91 Å². The number of nitrogens with one attached hydrogen (secondary N) is 1. The number of amides is 1. The first-order chi connectivity index (χ1) is 18.4. The lowest BCUT2D eigenvalue weighted by Crippen LogP contribution is -2.46. The predicted octanol–water partition coefficient (Wildman–Crippen LogP) is 4.44. The maximum atomic E-state index is 13.8. The highest BCUT2D eigenvalue weighted by Crippen LogP contribution is 2.23. The van der Waals surface area contributed by atoms with Crippen molar-refractivity contribution in [3.05, 3.63) is 59.7 Å². The molecule has 0 bridgehead atoms. The molecule has 0 spiro atoms. The fourth-order valence-corrected chi connectivity index (χ4v) is 4.44. The number of hydrogen-bond donors (Lipinski definition) is 2. The molecule has 0 aliphatic carbocycles. The maximum Gasteiger partial charge on any atom is 0.220 e. The molecule has 3 rings (SSSR count). The van der Waals surface area contributed by atoms with Gasteiger partial charge in [-0.1, -0.05) is 12.1 Å². The summed E-state index contributed by atoms with van der Waals surface area (Å²) in [4.78, 5) is 27.1. The van der Waals surface area contributed by atoms with Gasteiger partial charge in [0.15, 0.2) is 5.78 Å². The summed E-state index contributed by atoms with van der Waals surface area (Å²) >= 11 is 0. The highest BCUT2D eigenvalue weighted by atomic mass is 19.1. The smallest absolute Gasteiger partial charge is 0.220 e. The van der Waals surface area contributed by atoms with Gasteiger partial charge in [-0.05, 0) is 67.6 Å². The van der Waals surface area contributed by atoms with Crippen molar-refractivity contribution >= 4 is 11.7 Å². The fourth-order valence-electron chi connectivity index (χ4n) is 4.44.